The third kappa shape index (κ3) is 4.49. The maximum atomic E-state index is 3.35. The van der Waals surface area contributed by atoms with Gasteiger partial charge in [-0.15, -0.1) is 0 Å². The van der Waals surface area contributed by atoms with Crippen molar-refractivity contribution in [3.05, 3.63) is 30.3 Å². The van der Waals surface area contributed by atoms with E-state index in [0.717, 1.165) is 6.54 Å². The molecule has 0 spiro atoms. The minimum Gasteiger partial charge on any atom is -1.00 e. The van der Waals surface area contributed by atoms with Crippen molar-refractivity contribution in [1.29, 1.82) is 0 Å². The van der Waals surface area contributed by atoms with Gasteiger partial charge in [-0.25, -0.2) is 0 Å². The van der Waals surface area contributed by atoms with Crippen molar-refractivity contribution in [3.8, 4) is 0 Å². The van der Waals surface area contributed by atoms with Crippen molar-refractivity contribution in [2.45, 2.75) is 19.8 Å². The van der Waals surface area contributed by atoms with E-state index in [1.165, 1.54) is 18.5 Å². The predicted octanol–water partition coefficient (Wildman–Crippen LogP) is 0.0151. The van der Waals surface area contributed by atoms with E-state index in [1.807, 2.05) is 18.2 Å². The van der Waals surface area contributed by atoms with Gasteiger partial charge in [-0.2, -0.15) is 0 Å². The van der Waals surface area contributed by atoms with Gasteiger partial charge >= 0.3 is 18.9 Å². The van der Waals surface area contributed by atoms with Crippen LogP contribution in [-0.2, 0) is 0 Å². The molecule has 0 aliphatic rings. The molecule has 1 aromatic carbocycles. The van der Waals surface area contributed by atoms with Gasteiger partial charge < -0.3 is 6.74 Å². The molecule has 2 heteroatoms. The fourth-order valence-corrected chi connectivity index (χ4v) is 0.966. The second-order valence-corrected chi connectivity index (χ2v) is 2.65. The monoisotopic (exact) mass is 157 g/mol. The normalized spacial score (nSPS) is 8.75. The van der Waals surface area contributed by atoms with Gasteiger partial charge in [-0.1, -0.05) is 31.5 Å². The first-order chi connectivity index (χ1) is 5.43. The summed E-state index contributed by atoms with van der Waals surface area (Å²) in [6, 6.07) is 10.3. The van der Waals surface area contributed by atoms with Crippen LogP contribution in [-0.4, -0.2) is 6.54 Å². The fourth-order valence-electron chi connectivity index (χ4n) is 0.966. The number of hydrogen-bond donors (Lipinski definition) is 1. The molecule has 0 bridgehead atoms. The van der Waals surface area contributed by atoms with Crippen molar-refractivity contribution in [3.63, 3.8) is 0 Å². The quantitative estimate of drug-likeness (QED) is 0.480. The van der Waals surface area contributed by atoms with Gasteiger partial charge in [0.2, 0.25) is 0 Å². The Morgan fingerprint density at radius 1 is 1.25 bits per heavy atom. The Balaban J connectivity index is 0. The first-order valence-corrected chi connectivity index (χ1v) is 4.22. The molecular weight excluding hydrogens is 141 g/mol. The maximum Gasteiger partial charge on any atom is 1.00 e. The van der Waals surface area contributed by atoms with Crippen LogP contribution in [0.5, 0.6) is 0 Å². The molecule has 1 aromatic rings. The summed E-state index contributed by atoms with van der Waals surface area (Å²) in [7, 11) is 0. The molecule has 0 heterocycles. The van der Waals surface area contributed by atoms with E-state index in [0.29, 0.717) is 0 Å². The van der Waals surface area contributed by atoms with E-state index in [2.05, 4.69) is 24.4 Å². The number of hydrogen-bond acceptors (Lipinski definition) is 1. The van der Waals surface area contributed by atoms with Crippen LogP contribution in [0.2, 0.25) is 0 Å². The summed E-state index contributed by atoms with van der Waals surface area (Å²) in [5.74, 6) is 0. The van der Waals surface area contributed by atoms with Crippen LogP contribution < -0.4 is 24.2 Å². The van der Waals surface area contributed by atoms with Gasteiger partial charge in [0.1, 0.15) is 0 Å². The zero-order chi connectivity index (χ0) is 7.94. The average Bonchev–Trinajstić information content (AvgIpc) is 2.07. The molecule has 0 saturated carbocycles. The summed E-state index contributed by atoms with van der Waals surface area (Å²) in [5.41, 5.74) is 1.22. The molecule has 62 valence electrons. The minimum absolute atomic E-state index is 0. The second kappa shape index (κ2) is 7.28. The number of anilines is 1. The molecule has 0 aliphatic heterocycles. The first kappa shape index (κ1) is 11.6. The predicted molar refractivity (Wildman–Crippen MR) is 51.0 cm³/mol. The van der Waals surface area contributed by atoms with Gasteiger partial charge in [-0.3, -0.25) is 0 Å². The fraction of sp³-hybridized carbons (Fsp3) is 0.400. The zero-order valence-corrected chi connectivity index (χ0v) is 8.01. The SMILES string of the molecule is CCCCNc1ccccc1.[H-].[Li+]. The van der Waals surface area contributed by atoms with E-state index < -0.39 is 0 Å². The van der Waals surface area contributed by atoms with Gasteiger partial charge in [-0.05, 0) is 18.6 Å². The summed E-state index contributed by atoms with van der Waals surface area (Å²) < 4.78 is 0. The average molecular weight is 157 g/mol. The zero-order valence-electron chi connectivity index (χ0n) is 9.01. The molecule has 0 unspecified atom stereocenters. The Bertz CT molecular complexity index is 191. The van der Waals surface area contributed by atoms with Gasteiger partial charge in [0.25, 0.3) is 0 Å². The van der Waals surface area contributed by atoms with Crippen molar-refractivity contribution >= 4 is 5.69 Å². The van der Waals surface area contributed by atoms with Crippen LogP contribution in [0.15, 0.2) is 30.3 Å². The molecule has 0 atom stereocenters. The molecule has 1 nitrogen and oxygen atoms in total. The van der Waals surface area contributed by atoms with Crippen LogP contribution in [0.3, 0.4) is 0 Å². The summed E-state index contributed by atoms with van der Waals surface area (Å²) in [5, 5.41) is 3.35. The number of nitrogens with one attached hydrogen (secondary N) is 1. The Hall–Kier alpha value is -0.383. The molecule has 0 radical (unpaired) electrons. The summed E-state index contributed by atoms with van der Waals surface area (Å²) in [4.78, 5) is 0. The van der Waals surface area contributed by atoms with Crippen LogP contribution in [0.25, 0.3) is 0 Å². The molecule has 12 heavy (non-hydrogen) atoms. The van der Waals surface area contributed by atoms with Crippen molar-refractivity contribution < 1.29 is 20.3 Å². The van der Waals surface area contributed by atoms with E-state index >= 15 is 0 Å². The summed E-state index contributed by atoms with van der Waals surface area (Å²) in [6.07, 6.45) is 2.49. The van der Waals surface area contributed by atoms with Crippen molar-refractivity contribution in [2.24, 2.45) is 0 Å². The molecule has 0 aromatic heterocycles. The molecular formula is C10H16LiN. The number of rotatable bonds is 4. The van der Waals surface area contributed by atoms with Gasteiger partial charge in [0, 0.05) is 12.2 Å². The molecule has 0 saturated heterocycles. The Labute approximate surface area is 88.2 Å². The summed E-state index contributed by atoms with van der Waals surface area (Å²) >= 11 is 0. The van der Waals surface area contributed by atoms with Crippen LogP contribution in [0.4, 0.5) is 5.69 Å². The maximum absolute atomic E-state index is 3.35. The molecule has 0 amide bonds. The molecule has 1 N–H and O–H groups in total. The molecule has 1 rings (SSSR count). The Morgan fingerprint density at radius 3 is 2.50 bits per heavy atom. The van der Waals surface area contributed by atoms with Gasteiger partial charge in [0.05, 0.1) is 0 Å². The summed E-state index contributed by atoms with van der Waals surface area (Å²) in [6.45, 7) is 3.28. The smallest absolute Gasteiger partial charge is 1.00 e. The third-order valence-corrected chi connectivity index (χ3v) is 1.63. The van der Waals surface area contributed by atoms with E-state index in [1.54, 1.807) is 0 Å². The first-order valence-electron chi connectivity index (χ1n) is 4.22. The number of benzene rings is 1. The Morgan fingerprint density at radius 2 is 1.92 bits per heavy atom. The largest absolute Gasteiger partial charge is 1.00 e. The van der Waals surface area contributed by atoms with E-state index in [4.69, 9.17) is 0 Å². The Kier molecular flexibility index (Phi) is 7.04. The van der Waals surface area contributed by atoms with E-state index in [9.17, 15) is 0 Å². The number of para-hydroxylation sites is 1. The van der Waals surface area contributed by atoms with Crippen molar-refractivity contribution in [1.82, 2.24) is 0 Å². The van der Waals surface area contributed by atoms with E-state index in [-0.39, 0.29) is 20.3 Å². The third-order valence-electron chi connectivity index (χ3n) is 1.63. The van der Waals surface area contributed by atoms with Crippen LogP contribution in [0, 0.1) is 0 Å². The topological polar surface area (TPSA) is 12.0 Å². The van der Waals surface area contributed by atoms with Gasteiger partial charge in [0.15, 0.2) is 0 Å². The van der Waals surface area contributed by atoms with Crippen LogP contribution >= 0.6 is 0 Å². The second-order valence-electron chi connectivity index (χ2n) is 2.65. The molecule has 0 fully saturated rings. The minimum atomic E-state index is 0. The standard InChI is InChI=1S/C10H15N.Li.H/c1-2-3-9-11-10-7-5-4-6-8-10;;/h4-8,11H,2-3,9H2,1H3;;/q;+1;-1. The van der Waals surface area contributed by atoms with Crippen molar-refractivity contribution in [2.75, 3.05) is 11.9 Å². The number of unbranched alkanes of at least 4 members (excludes halogenated alkanes) is 1. The van der Waals surface area contributed by atoms with Crippen LogP contribution in [0.1, 0.15) is 21.2 Å². The molecule has 0 aliphatic carbocycles.